The summed E-state index contributed by atoms with van der Waals surface area (Å²) in [5, 5.41) is 11.5. The predicted molar refractivity (Wildman–Crippen MR) is 136 cm³/mol. The Bertz CT molecular complexity index is 1310. The number of Topliss-reactive ketones (excluding diaryl/α,β-unsaturated/α-hetero) is 1. The van der Waals surface area contributed by atoms with E-state index in [9.17, 15) is 14.7 Å². The van der Waals surface area contributed by atoms with Gasteiger partial charge in [0, 0.05) is 16.8 Å². The first-order valence-corrected chi connectivity index (χ1v) is 11.5. The van der Waals surface area contributed by atoms with Gasteiger partial charge in [-0.3, -0.25) is 14.5 Å². The topological polar surface area (TPSA) is 76.1 Å². The molecule has 3 aromatic carbocycles. The molecule has 0 spiro atoms. The molecule has 1 aliphatic rings. The van der Waals surface area contributed by atoms with Gasteiger partial charge in [-0.1, -0.05) is 49.7 Å². The van der Waals surface area contributed by atoms with E-state index in [0.29, 0.717) is 28.3 Å². The van der Waals surface area contributed by atoms with Gasteiger partial charge in [-0.25, -0.2) is 0 Å². The average Bonchev–Trinajstić information content (AvgIpc) is 3.13. The zero-order chi connectivity index (χ0) is 25.3. The molecule has 0 aliphatic carbocycles. The Morgan fingerprint density at radius 2 is 1.57 bits per heavy atom. The van der Waals surface area contributed by atoms with Crippen LogP contribution in [0.4, 0.5) is 5.69 Å². The highest BCUT2D eigenvalue weighted by Crippen LogP contribution is 2.45. The molecular formula is C29H29NO5. The highest BCUT2D eigenvalue weighted by atomic mass is 16.5. The summed E-state index contributed by atoms with van der Waals surface area (Å²) in [6.07, 6.45) is 0. The molecule has 0 bridgehead atoms. The van der Waals surface area contributed by atoms with E-state index >= 15 is 0 Å². The van der Waals surface area contributed by atoms with E-state index < -0.39 is 17.7 Å². The first kappa shape index (κ1) is 24.1. The van der Waals surface area contributed by atoms with E-state index in [1.807, 2.05) is 45.0 Å². The van der Waals surface area contributed by atoms with Gasteiger partial charge in [0.2, 0.25) is 0 Å². The van der Waals surface area contributed by atoms with E-state index in [1.165, 1.54) is 12.0 Å². The monoisotopic (exact) mass is 471 g/mol. The van der Waals surface area contributed by atoms with Crippen molar-refractivity contribution in [1.82, 2.24) is 0 Å². The van der Waals surface area contributed by atoms with Crippen LogP contribution >= 0.6 is 0 Å². The van der Waals surface area contributed by atoms with Crippen molar-refractivity contribution in [1.29, 1.82) is 0 Å². The van der Waals surface area contributed by atoms with Crippen molar-refractivity contribution >= 4 is 23.1 Å². The maximum atomic E-state index is 13.4. The second-order valence-corrected chi connectivity index (χ2v) is 8.86. The quantitative estimate of drug-likeness (QED) is 0.281. The van der Waals surface area contributed by atoms with Crippen LogP contribution in [0.3, 0.4) is 0 Å². The van der Waals surface area contributed by atoms with Crippen LogP contribution in [-0.2, 0) is 9.59 Å². The number of amides is 1. The standard InChI is InChI=1S/C29H29NO5/c1-17(2)22-16-19(12-15-24(22)35-5)27(31)25-26(21-8-6-7-9-23(21)34-4)30(29(33)28(25)32)20-13-10-18(3)11-14-20/h6-17,26,31H,1-5H3/b27-25+. The number of anilines is 1. The highest BCUT2D eigenvalue weighted by Gasteiger charge is 2.47. The predicted octanol–water partition coefficient (Wildman–Crippen LogP) is 5.76. The molecule has 6 nitrogen and oxygen atoms in total. The van der Waals surface area contributed by atoms with Crippen LogP contribution in [0.1, 0.15) is 48.1 Å². The lowest BCUT2D eigenvalue weighted by atomic mass is 9.92. The van der Waals surface area contributed by atoms with Gasteiger partial charge in [-0.2, -0.15) is 0 Å². The van der Waals surface area contributed by atoms with E-state index in [4.69, 9.17) is 9.47 Å². The summed E-state index contributed by atoms with van der Waals surface area (Å²) in [6, 6.07) is 19.0. The van der Waals surface area contributed by atoms with E-state index in [0.717, 1.165) is 11.1 Å². The number of para-hydroxylation sites is 1. The number of ether oxygens (including phenoxy) is 2. The van der Waals surface area contributed by atoms with Gasteiger partial charge >= 0.3 is 0 Å². The molecule has 0 saturated carbocycles. The molecule has 1 saturated heterocycles. The largest absolute Gasteiger partial charge is 0.507 e. The number of rotatable bonds is 6. The number of hydrogen-bond donors (Lipinski definition) is 1. The zero-order valence-electron chi connectivity index (χ0n) is 20.5. The second-order valence-electron chi connectivity index (χ2n) is 8.86. The maximum absolute atomic E-state index is 13.4. The van der Waals surface area contributed by atoms with E-state index in [-0.39, 0.29) is 17.3 Å². The van der Waals surface area contributed by atoms with Crippen LogP contribution in [0.5, 0.6) is 11.5 Å². The molecule has 1 fully saturated rings. The van der Waals surface area contributed by atoms with Crippen LogP contribution in [0, 0.1) is 6.92 Å². The minimum Gasteiger partial charge on any atom is -0.507 e. The number of hydrogen-bond acceptors (Lipinski definition) is 5. The fourth-order valence-electron chi connectivity index (χ4n) is 4.48. The molecule has 1 N–H and O–H groups in total. The molecule has 4 rings (SSSR count). The number of aryl methyl sites for hydroxylation is 1. The van der Waals surface area contributed by atoms with Gasteiger partial charge in [0.15, 0.2) is 0 Å². The summed E-state index contributed by atoms with van der Waals surface area (Å²) in [5.74, 6) is -0.362. The van der Waals surface area contributed by atoms with Crippen molar-refractivity contribution in [2.75, 3.05) is 19.1 Å². The first-order valence-electron chi connectivity index (χ1n) is 11.5. The summed E-state index contributed by atoms with van der Waals surface area (Å²) in [7, 11) is 3.13. The number of aliphatic hydroxyl groups excluding tert-OH is 1. The fourth-order valence-corrected chi connectivity index (χ4v) is 4.48. The third-order valence-electron chi connectivity index (χ3n) is 6.32. The molecule has 1 atom stereocenters. The minimum absolute atomic E-state index is 0.0138. The van der Waals surface area contributed by atoms with Crippen molar-refractivity contribution < 1.29 is 24.2 Å². The van der Waals surface area contributed by atoms with Crippen molar-refractivity contribution in [3.63, 3.8) is 0 Å². The number of carbonyl (C=O) groups excluding carboxylic acids is 2. The third-order valence-corrected chi connectivity index (χ3v) is 6.32. The Morgan fingerprint density at radius 3 is 2.20 bits per heavy atom. The van der Waals surface area contributed by atoms with Crippen LogP contribution in [-0.4, -0.2) is 31.0 Å². The molecule has 3 aromatic rings. The number of carbonyl (C=O) groups is 2. The maximum Gasteiger partial charge on any atom is 0.300 e. The second kappa shape index (κ2) is 9.66. The Kier molecular flexibility index (Phi) is 6.65. The van der Waals surface area contributed by atoms with Gasteiger partial charge < -0.3 is 14.6 Å². The lowest BCUT2D eigenvalue weighted by Gasteiger charge is -2.26. The Labute approximate surface area is 205 Å². The molecule has 6 heteroatoms. The van der Waals surface area contributed by atoms with Crippen molar-refractivity contribution in [2.24, 2.45) is 0 Å². The third kappa shape index (κ3) is 4.28. The highest BCUT2D eigenvalue weighted by molar-refractivity contribution is 6.51. The lowest BCUT2D eigenvalue weighted by Crippen LogP contribution is -2.29. The normalized spacial score (nSPS) is 17.2. The Hall–Kier alpha value is -4.06. The van der Waals surface area contributed by atoms with Gasteiger partial charge in [0.1, 0.15) is 17.3 Å². The van der Waals surface area contributed by atoms with Gasteiger partial charge in [0.05, 0.1) is 25.8 Å². The molecule has 35 heavy (non-hydrogen) atoms. The van der Waals surface area contributed by atoms with Crippen LogP contribution in [0.2, 0.25) is 0 Å². The lowest BCUT2D eigenvalue weighted by molar-refractivity contribution is -0.132. The van der Waals surface area contributed by atoms with E-state index in [1.54, 1.807) is 49.6 Å². The van der Waals surface area contributed by atoms with Gasteiger partial charge in [-0.15, -0.1) is 0 Å². The SMILES string of the molecule is COc1ccc(/C(O)=C2\C(=O)C(=O)N(c3ccc(C)cc3)C2c2ccccc2OC)cc1C(C)C. The van der Waals surface area contributed by atoms with Crippen LogP contribution in [0.25, 0.3) is 5.76 Å². The fraction of sp³-hybridized carbons (Fsp3) is 0.241. The first-order chi connectivity index (χ1) is 16.8. The van der Waals surface area contributed by atoms with Crippen molar-refractivity contribution in [2.45, 2.75) is 32.7 Å². The Morgan fingerprint density at radius 1 is 0.914 bits per heavy atom. The smallest absolute Gasteiger partial charge is 0.300 e. The van der Waals surface area contributed by atoms with Crippen LogP contribution < -0.4 is 14.4 Å². The molecule has 1 heterocycles. The Balaban J connectivity index is 1.98. The minimum atomic E-state index is -0.863. The number of ketones is 1. The summed E-state index contributed by atoms with van der Waals surface area (Å²) < 4.78 is 11.0. The number of aliphatic hydroxyl groups is 1. The van der Waals surface area contributed by atoms with Crippen LogP contribution in [0.15, 0.2) is 72.3 Å². The summed E-state index contributed by atoms with van der Waals surface area (Å²) in [6.45, 7) is 5.99. The van der Waals surface area contributed by atoms with Crippen molar-refractivity contribution in [3.8, 4) is 11.5 Å². The molecule has 0 aromatic heterocycles. The van der Waals surface area contributed by atoms with Gasteiger partial charge in [-0.05, 0) is 54.8 Å². The zero-order valence-corrected chi connectivity index (χ0v) is 20.5. The summed E-state index contributed by atoms with van der Waals surface area (Å²) in [4.78, 5) is 28.2. The number of methoxy groups -OCH3 is 2. The summed E-state index contributed by atoms with van der Waals surface area (Å²) >= 11 is 0. The molecule has 0 radical (unpaired) electrons. The van der Waals surface area contributed by atoms with E-state index in [2.05, 4.69) is 0 Å². The number of benzene rings is 3. The molecular weight excluding hydrogens is 442 g/mol. The van der Waals surface area contributed by atoms with Gasteiger partial charge in [0.25, 0.3) is 11.7 Å². The molecule has 180 valence electrons. The molecule has 1 aliphatic heterocycles. The molecule has 1 amide bonds. The summed E-state index contributed by atoms with van der Waals surface area (Å²) in [5.41, 5.74) is 3.53. The van der Waals surface area contributed by atoms with Crippen molar-refractivity contribution in [3.05, 3.63) is 94.6 Å². The number of nitrogens with zero attached hydrogens (tertiary/aromatic N) is 1. The average molecular weight is 472 g/mol. The molecule has 1 unspecified atom stereocenters.